The third-order valence-corrected chi connectivity index (χ3v) is 4.31. The monoisotopic (exact) mass is 302 g/mol. The van der Waals surface area contributed by atoms with Gasteiger partial charge >= 0.3 is 0 Å². The molecule has 1 aliphatic rings. The molecule has 7 nitrogen and oxygen atoms in total. The number of aliphatic hydroxyl groups excluding tert-OH is 1. The minimum absolute atomic E-state index is 0.0495. The second-order valence-electron chi connectivity index (χ2n) is 5.37. The third-order valence-electron chi connectivity index (χ3n) is 3.53. The lowest BCUT2D eigenvalue weighted by atomic mass is 10.1. The first-order valence-electron chi connectivity index (χ1n) is 6.93. The van der Waals surface area contributed by atoms with Gasteiger partial charge in [0.25, 0.3) is 0 Å². The number of rotatable bonds is 6. The lowest BCUT2D eigenvalue weighted by molar-refractivity contribution is 0.265. The summed E-state index contributed by atoms with van der Waals surface area (Å²) in [7, 11) is -3.31. The Hall–Kier alpha value is -0.990. The summed E-state index contributed by atoms with van der Waals surface area (Å²) in [6, 6.07) is -0.459. The summed E-state index contributed by atoms with van der Waals surface area (Å²) in [4.78, 5) is 4.51. The van der Waals surface area contributed by atoms with Crippen molar-refractivity contribution in [3.8, 4) is 0 Å². The molecule has 0 radical (unpaired) electrons. The summed E-state index contributed by atoms with van der Waals surface area (Å²) in [6.07, 6.45) is 5.65. The molecule has 1 fully saturated rings. The van der Waals surface area contributed by atoms with Gasteiger partial charge < -0.3 is 5.11 Å². The molecule has 1 heterocycles. The molecule has 1 aromatic heterocycles. The Labute approximate surface area is 119 Å². The van der Waals surface area contributed by atoms with Crippen molar-refractivity contribution in [2.75, 3.05) is 12.9 Å². The lowest BCUT2D eigenvalue weighted by Gasteiger charge is -2.12. The van der Waals surface area contributed by atoms with E-state index in [-0.39, 0.29) is 6.61 Å². The molecule has 0 spiro atoms. The molecule has 1 aromatic rings. The molecule has 114 valence electrons. The summed E-state index contributed by atoms with van der Waals surface area (Å²) in [5, 5.41) is 13.5. The lowest BCUT2D eigenvalue weighted by Crippen LogP contribution is -2.28. The molecule has 0 aliphatic heterocycles. The predicted molar refractivity (Wildman–Crippen MR) is 74.7 cm³/mol. The smallest absolute Gasteiger partial charge is 0.209 e. The van der Waals surface area contributed by atoms with Crippen molar-refractivity contribution in [2.24, 2.45) is 0 Å². The van der Waals surface area contributed by atoms with Gasteiger partial charge in [0.1, 0.15) is 5.82 Å². The highest BCUT2D eigenvalue weighted by Gasteiger charge is 2.25. The fourth-order valence-electron chi connectivity index (χ4n) is 2.68. The van der Waals surface area contributed by atoms with Crippen molar-refractivity contribution in [3.05, 3.63) is 11.6 Å². The molecular formula is C12H22N4O3S. The normalized spacial score (nSPS) is 18.6. The first kappa shape index (κ1) is 15.4. The molecule has 2 rings (SSSR count). The van der Waals surface area contributed by atoms with E-state index in [1.54, 1.807) is 11.6 Å². The van der Waals surface area contributed by atoms with E-state index in [0.717, 1.165) is 24.9 Å². The third kappa shape index (κ3) is 3.77. The van der Waals surface area contributed by atoms with Gasteiger partial charge in [0, 0.05) is 5.92 Å². The van der Waals surface area contributed by atoms with Gasteiger partial charge in [-0.05, 0) is 19.8 Å². The molecule has 0 unspecified atom stereocenters. The molecule has 1 saturated carbocycles. The maximum absolute atomic E-state index is 11.3. The summed E-state index contributed by atoms with van der Waals surface area (Å²) in [5.41, 5.74) is 0. The molecule has 0 bridgehead atoms. The van der Waals surface area contributed by atoms with E-state index in [2.05, 4.69) is 14.8 Å². The standard InChI is InChI=1S/C12H22N4O3S/c1-9(15-20(2,18)19)12-13-11(10-5-3-4-6-10)14-16(12)7-8-17/h9-10,15,17H,3-8H2,1-2H3/t9-/m1/s1. The highest BCUT2D eigenvalue weighted by Crippen LogP contribution is 2.32. The van der Waals surface area contributed by atoms with Gasteiger partial charge in [-0.2, -0.15) is 5.10 Å². The number of sulfonamides is 1. The molecule has 0 aromatic carbocycles. The van der Waals surface area contributed by atoms with Gasteiger partial charge in [-0.3, -0.25) is 0 Å². The van der Waals surface area contributed by atoms with Gasteiger partial charge in [-0.15, -0.1) is 0 Å². The van der Waals surface area contributed by atoms with Crippen molar-refractivity contribution in [3.63, 3.8) is 0 Å². The van der Waals surface area contributed by atoms with E-state index in [1.807, 2.05) is 0 Å². The maximum Gasteiger partial charge on any atom is 0.209 e. The average Bonchev–Trinajstić information content (AvgIpc) is 2.94. The quantitative estimate of drug-likeness (QED) is 0.799. The zero-order valence-electron chi connectivity index (χ0n) is 11.9. The Balaban J connectivity index is 2.25. The molecule has 0 saturated heterocycles. The molecule has 1 atom stereocenters. The second kappa shape index (κ2) is 6.19. The first-order valence-corrected chi connectivity index (χ1v) is 8.82. The fourth-order valence-corrected chi connectivity index (χ4v) is 3.43. The van der Waals surface area contributed by atoms with E-state index in [4.69, 9.17) is 5.11 Å². The number of nitrogens with one attached hydrogen (secondary N) is 1. The van der Waals surface area contributed by atoms with E-state index >= 15 is 0 Å². The van der Waals surface area contributed by atoms with Crippen molar-refractivity contribution in [2.45, 2.75) is 51.1 Å². The van der Waals surface area contributed by atoms with Crippen LogP contribution in [-0.2, 0) is 16.6 Å². The molecule has 8 heteroatoms. The van der Waals surface area contributed by atoms with Gasteiger partial charge in [0.2, 0.25) is 10.0 Å². The van der Waals surface area contributed by atoms with Crippen LogP contribution >= 0.6 is 0 Å². The summed E-state index contributed by atoms with van der Waals surface area (Å²) >= 11 is 0. The number of hydrogen-bond acceptors (Lipinski definition) is 5. The van der Waals surface area contributed by atoms with Crippen LogP contribution in [0.3, 0.4) is 0 Å². The van der Waals surface area contributed by atoms with E-state index in [1.165, 1.54) is 12.8 Å². The summed E-state index contributed by atoms with van der Waals surface area (Å²) < 4.78 is 26.8. The van der Waals surface area contributed by atoms with Crippen molar-refractivity contribution < 1.29 is 13.5 Å². The van der Waals surface area contributed by atoms with Crippen LogP contribution in [0.15, 0.2) is 0 Å². The highest BCUT2D eigenvalue weighted by atomic mass is 32.2. The summed E-state index contributed by atoms with van der Waals surface area (Å²) in [5.74, 6) is 1.69. The zero-order valence-corrected chi connectivity index (χ0v) is 12.7. The molecule has 1 aliphatic carbocycles. The van der Waals surface area contributed by atoms with Crippen LogP contribution in [0.1, 0.15) is 56.2 Å². The van der Waals surface area contributed by atoms with Crippen LogP contribution in [-0.4, -0.2) is 41.2 Å². The number of hydrogen-bond donors (Lipinski definition) is 2. The Morgan fingerprint density at radius 1 is 1.45 bits per heavy atom. The Morgan fingerprint density at radius 2 is 2.10 bits per heavy atom. The zero-order chi connectivity index (χ0) is 14.8. The van der Waals surface area contributed by atoms with Crippen LogP contribution in [0.2, 0.25) is 0 Å². The van der Waals surface area contributed by atoms with E-state index < -0.39 is 16.1 Å². The van der Waals surface area contributed by atoms with E-state index in [9.17, 15) is 8.42 Å². The Bertz CT molecular complexity index is 549. The minimum Gasteiger partial charge on any atom is -0.394 e. The highest BCUT2D eigenvalue weighted by molar-refractivity contribution is 7.88. The molecule has 2 N–H and O–H groups in total. The maximum atomic E-state index is 11.3. The molecular weight excluding hydrogens is 280 g/mol. The number of aromatic nitrogens is 3. The van der Waals surface area contributed by atoms with Gasteiger partial charge in [0.15, 0.2) is 5.82 Å². The van der Waals surface area contributed by atoms with Crippen LogP contribution in [0.5, 0.6) is 0 Å². The topological polar surface area (TPSA) is 97.1 Å². The van der Waals surface area contributed by atoms with E-state index in [0.29, 0.717) is 18.3 Å². The predicted octanol–water partition coefficient (Wildman–Crippen LogP) is 0.538. The summed E-state index contributed by atoms with van der Waals surface area (Å²) in [6.45, 7) is 2.01. The van der Waals surface area contributed by atoms with Crippen molar-refractivity contribution >= 4 is 10.0 Å². The number of aliphatic hydroxyl groups is 1. The average molecular weight is 302 g/mol. The van der Waals surface area contributed by atoms with Crippen LogP contribution in [0, 0.1) is 0 Å². The molecule has 20 heavy (non-hydrogen) atoms. The van der Waals surface area contributed by atoms with Gasteiger partial charge in [-0.25, -0.2) is 22.8 Å². The Morgan fingerprint density at radius 3 is 2.65 bits per heavy atom. The SMILES string of the molecule is C[C@@H](NS(C)(=O)=O)c1nc(C2CCCC2)nn1CCO. The molecule has 0 amide bonds. The second-order valence-corrected chi connectivity index (χ2v) is 7.15. The Kier molecular flexibility index (Phi) is 4.77. The number of nitrogens with zero attached hydrogens (tertiary/aromatic N) is 3. The van der Waals surface area contributed by atoms with Gasteiger partial charge in [-0.1, -0.05) is 12.8 Å². The van der Waals surface area contributed by atoms with Crippen LogP contribution < -0.4 is 4.72 Å². The van der Waals surface area contributed by atoms with Crippen molar-refractivity contribution in [1.82, 2.24) is 19.5 Å². The van der Waals surface area contributed by atoms with Crippen LogP contribution in [0.25, 0.3) is 0 Å². The van der Waals surface area contributed by atoms with Crippen LogP contribution in [0.4, 0.5) is 0 Å². The van der Waals surface area contributed by atoms with Crippen molar-refractivity contribution in [1.29, 1.82) is 0 Å². The largest absolute Gasteiger partial charge is 0.394 e. The van der Waals surface area contributed by atoms with Gasteiger partial charge in [0.05, 0.1) is 25.4 Å². The fraction of sp³-hybridized carbons (Fsp3) is 0.833. The first-order chi connectivity index (χ1) is 9.40. The minimum atomic E-state index is -3.31.